The zero-order chi connectivity index (χ0) is 12.7. The summed E-state index contributed by atoms with van der Waals surface area (Å²) in [5.74, 6) is 1.04. The van der Waals surface area contributed by atoms with E-state index in [4.69, 9.17) is 4.74 Å². The van der Waals surface area contributed by atoms with Crippen molar-refractivity contribution in [3.05, 3.63) is 24.3 Å². The number of nitrogens with one attached hydrogen (secondary N) is 1. The van der Waals surface area contributed by atoms with Crippen LogP contribution in [0.3, 0.4) is 0 Å². The molecule has 2 N–H and O–H groups in total. The lowest BCUT2D eigenvalue weighted by Crippen LogP contribution is -2.30. The van der Waals surface area contributed by atoms with Gasteiger partial charge in [-0.1, -0.05) is 19.9 Å². The molecule has 0 spiro atoms. The second kappa shape index (κ2) is 6.78. The Balaban J connectivity index is 2.24. The highest BCUT2D eigenvalue weighted by Gasteiger charge is 2.03. The van der Waals surface area contributed by atoms with Crippen molar-refractivity contribution in [3.8, 4) is 11.5 Å². The molecule has 0 fully saturated rings. The molecule has 4 heteroatoms. The zero-order valence-electron chi connectivity index (χ0n) is 10.3. The fourth-order valence-corrected chi connectivity index (χ4v) is 1.27. The van der Waals surface area contributed by atoms with Crippen LogP contribution in [0.5, 0.6) is 11.5 Å². The average Bonchev–Trinajstić information content (AvgIpc) is 2.26. The quantitative estimate of drug-likeness (QED) is 0.794. The first-order chi connectivity index (χ1) is 8.08. The van der Waals surface area contributed by atoms with Crippen LogP contribution in [0, 0.1) is 5.92 Å². The third-order valence-corrected chi connectivity index (χ3v) is 2.23. The Morgan fingerprint density at radius 2 is 2.24 bits per heavy atom. The summed E-state index contributed by atoms with van der Waals surface area (Å²) in [7, 11) is 0. The minimum absolute atomic E-state index is 0.0262. The number of phenols is 1. The molecule has 0 atom stereocenters. The van der Waals surface area contributed by atoms with Crippen molar-refractivity contribution >= 4 is 5.91 Å². The maximum atomic E-state index is 11.4. The summed E-state index contributed by atoms with van der Waals surface area (Å²) in [4.78, 5) is 11.4. The van der Waals surface area contributed by atoms with E-state index >= 15 is 0 Å². The van der Waals surface area contributed by atoms with Crippen LogP contribution in [-0.4, -0.2) is 24.2 Å². The van der Waals surface area contributed by atoms with Crippen LogP contribution in [-0.2, 0) is 4.79 Å². The van der Waals surface area contributed by atoms with E-state index in [1.807, 2.05) is 0 Å². The monoisotopic (exact) mass is 237 g/mol. The molecule has 0 aliphatic rings. The van der Waals surface area contributed by atoms with E-state index in [1.165, 1.54) is 6.07 Å². The van der Waals surface area contributed by atoms with Crippen molar-refractivity contribution < 1.29 is 14.6 Å². The van der Waals surface area contributed by atoms with Gasteiger partial charge in [-0.05, 0) is 24.5 Å². The SMILES string of the molecule is CC(C)CCNC(=O)COc1cccc(O)c1. The summed E-state index contributed by atoms with van der Waals surface area (Å²) >= 11 is 0. The van der Waals surface area contributed by atoms with Crippen molar-refractivity contribution in [2.75, 3.05) is 13.2 Å². The lowest BCUT2D eigenvalue weighted by Gasteiger charge is -2.08. The predicted octanol–water partition coefficient (Wildman–Crippen LogP) is 1.93. The van der Waals surface area contributed by atoms with Crippen molar-refractivity contribution in [1.29, 1.82) is 0 Å². The van der Waals surface area contributed by atoms with Crippen LogP contribution in [0.15, 0.2) is 24.3 Å². The average molecular weight is 237 g/mol. The van der Waals surface area contributed by atoms with Gasteiger partial charge in [0.25, 0.3) is 5.91 Å². The second-order valence-electron chi connectivity index (χ2n) is 4.32. The van der Waals surface area contributed by atoms with Crippen LogP contribution < -0.4 is 10.1 Å². The molecular formula is C13H19NO3. The molecule has 1 aromatic carbocycles. The first-order valence-electron chi connectivity index (χ1n) is 5.76. The highest BCUT2D eigenvalue weighted by atomic mass is 16.5. The molecule has 0 bridgehead atoms. The molecule has 0 aromatic heterocycles. The summed E-state index contributed by atoms with van der Waals surface area (Å²) in [5, 5.41) is 12.0. The number of amides is 1. The molecule has 1 rings (SSSR count). The summed E-state index contributed by atoms with van der Waals surface area (Å²) in [5.41, 5.74) is 0. The zero-order valence-corrected chi connectivity index (χ0v) is 10.3. The summed E-state index contributed by atoms with van der Waals surface area (Å²) < 4.78 is 5.23. The van der Waals surface area contributed by atoms with E-state index in [1.54, 1.807) is 18.2 Å². The number of hydrogen-bond donors (Lipinski definition) is 2. The minimum Gasteiger partial charge on any atom is -0.508 e. The van der Waals surface area contributed by atoms with Crippen molar-refractivity contribution in [2.45, 2.75) is 20.3 Å². The first kappa shape index (κ1) is 13.4. The van der Waals surface area contributed by atoms with Gasteiger partial charge in [-0.25, -0.2) is 0 Å². The van der Waals surface area contributed by atoms with Crippen molar-refractivity contribution in [1.82, 2.24) is 5.32 Å². The van der Waals surface area contributed by atoms with Crippen LogP contribution >= 0.6 is 0 Å². The molecule has 17 heavy (non-hydrogen) atoms. The number of rotatable bonds is 6. The van der Waals surface area contributed by atoms with Gasteiger partial charge in [-0.15, -0.1) is 0 Å². The Morgan fingerprint density at radius 1 is 1.47 bits per heavy atom. The molecule has 0 aliphatic carbocycles. The van der Waals surface area contributed by atoms with Gasteiger partial charge in [0.2, 0.25) is 0 Å². The number of benzene rings is 1. The fraction of sp³-hybridized carbons (Fsp3) is 0.462. The second-order valence-corrected chi connectivity index (χ2v) is 4.32. The Hall–Kier alpha value is -1.71. The highest BCUT2D eigenvalue weighted by Crippen LogP contribution is 2.17. The first-order valence-corrected chi connectivity index (χ1v) is 5.76. The maximum Gasteiger partial charge on any atom is 0.257 e. The lowest BCUT2D eigenvalue weighted by molar-refractivity contribution is -0.123. The summed E-state index contributed by atoms with van der Waals surface area (Å²) in [6, 6.07) is 6.39. The van der Waals surface area contributed by atoms with Gasteiger partial charge in [0.15, 0.2) is 6.61 Å². The van der Waals surface area contributed by atoms with E-state index in [0.29, 0.717) is 18.2 Å². The predicted molar refractivity (Wildman–Crippen MR) is 66.1 cm³/mol. The van der Waals surface area contributed by atoms with Crippen molar-refractivity contribution in [3.63, 3.8) is 0 Å². The summed E-state index contributed by atoms with van der Waals surface area (Å²) in [6.45, 7) is 4.85. The molecule has 4 nitrogen and oxygen atoms in total. The van der Waals surface area contributed by atoms with Gasteiger partial charge in [0, 0.05) is 12.6 Å². The van der Waals surface area contributed by atoms with Crippen LogP contribution in [0.1, 0.15) is 20.3 Å². The molecular weight excluding hydrogens is 218 g/mol. The number of hydrogen-bond acceptors (Lipinski definition) is 3. The molecule has 0 saturated heterocycles. The molecule has 0 radical (unpaired) electrons. The fourth-order valence-electron chi connectivity index (χ4n) is 1.27. The largest absolute Gasteiger partial charge is 0.508 e. The van der Waals surface area contributed by atoms with Gasteiger partial charge in [0.1, 0.15) is 11.5 Å². The lowest BCUT2D eigenvalue weighted by atomic mass is 10.1. The third kappa shape index (κ3) is 5.80. The van der Waals surface area contributed by atoms with Crippen LogP contribution in [0.25, 0.3) is 0 Å². The highest BCUT2D eigenvalue weighted by molar-refractivity contribution is 5.77. The normalized spacial score (nSPS) is 10.3. The number of aromatic hydroxyl groups is 1. The standard InChI is InChI=1S/C13H19NO3/c1-10(2)6-7-14-13(16)9-17-12-5-3-4-11(15)8-12/h3-5,8,10,15H,6-7,9H2,1-2H3,(H,14,16). The van der Waals surface area contributed by atoms with Gasteiger partial charge in [-0.2, -0.15) is 0 Å². The maximum absolute atomic E-state index is 11.4. The Bertz CT molecular complexity index is 363. The van der Waals surface area contributed by atoms with E-state index in [2.05, 4.69) is 19.2 Å². The smallest absolute Gasteiger partial charge is 0.257 e. The molecule has 0 saturated carbocycles. The van der Waals surface area contributed by atoms with E-state index in [-0.39, 0.29) is 18.3 Å². The Kier molecular flexibility index (Phi) is 5.33. The minimum atomic E-state index is -0.144. The third-order valence-electron chi connectivity index (χ3n) is 2.23. The molecule has 1 amide bonds. The number of carbonyl (C=O) groups excluding carboxylic acids is 1. The molecule has 0 heterocycles. The van der Waals surface area contributed by atoms with E-state index in [9.17, 15) is 9.90 Å². The number of phenolic OH excluding ortho intramolecular Hbond substituents is 1. The van der Waals surface area contributed by atoms with Crippen LogP contribution in [0.2, 0.25) is 0 Å². The topological polar surface area (TPSA) is 58.6 Å². The molecule has 94 valence electrons. The van der Waals surface area contributed by atoms with Gasteiger partial charge in [-0.3, -0.25) is 4.79 Å². The Labute approximate surface area is 102 Å². The molecule has 1 aromatic rings. The van der Waals surface area contributed by atoms with E-state index < -0.39 is 0 Å². The van der Waals surface area contributed by atoms with E-state index in [0.717, 1.165) is 6.42 Å². The number of ether oxygens (including phenoxy) is 1. The van der Waals surface area contributed by atoms with Crippen LogP contribution in [0.4, 0.5) is 0 Å². The van der Waals surface area contributed by atoms with Crippen molar-refractivity contribution in [2.24, 2.45) is 5.92 Å². The summed E-state index contributed by atoms with van der Waals surface area (Å²) in [6.07, 6.45) is 0.956. The van der Waals surface area contributed by atoms with Gasteiger partial charge >= 0.3 is 0 Å². The number of carbonyl (C=O) groups is 1. The molecule has 0 aliphatic heterocycles. The Morgan fingerprint density at radius 3 is 2.88 bits per heavy atom. The molecule has 0 unspecified atom stereocenters. The van der Waals surface area contributed by atoms with Gasteiger partial charge < -0.3 is 15.2 Å². The van der Waals surface area contributed by atoms with Gasteiger partial charge in [0.05, 0.1) is 0 Å².